The zero-order valence-corrected chi connectivity index (χ0v) is 17.9. The van der Waals surface area contributed by atoms with Gasteiger partial charge in [-0.25, -0.2) is 0 Å². The van der Waals surface area contributed by atoms with Crippen LogP contribution in [0.5, 0.6) is 0 Å². The summed E-state index contributed by atoms with van der Waals surface area (Å²) in [5.41, 5.74) is 1.42. The number of Topliss-reactive ketones (excluding diaryl/α,β-unsaturated/α-hetero) is 1. The summed E-state index contributed by atoms with van der Waals surface area (Å²) in [6.45, 7) is 2.21. The van der Waals surface area contributed by atoms with Crippen LogP contribution in [0.4, 0.5) is 0 Å². The molecule has 0 fully saturated rings. The molecule has 2 aromatic rings. The van der Waals surface area contributed by atoms with Crippen LogP contribution in [0.15, 0.2) is 62.4 Å². The standard InChI is InChI=1S/C20H20N4O6S/c1-13(17(25)14-7-5-4-6-8-14)21-30-19(23-27-3)15-9-12-31-18(15)16(22-26-2)20-24-29-11-10-28-20/h4-9,12H,10-11H2,1-3H3. The van der Waals surface area contributed by atoms with Gasteiger partial charge in [-0.1, -0.05) is 40.6 Å². The fraction of sp³-hybridized carbons (Fsp3) is 0.250. The highest BCUT2D eigenvalue weighted by Gasteiger charge is 2.26. The molecule has 2 heterocycles. The lowest BCUT2D eigenvalue weighted by atomic mass is 10.1. The van der Waals surface area contributed by atoms with Crippen LogP contribution in [0.3, 0.4) is 0 Å². The van der Waals surface area contributed by atoms with Crippen molar-refractivity contribution in [1.82, 2.24) is 0 Å². The van der Waals surface area contributed by atoms with Crippen LogP contribution in [0, 0.1) is 0 Å². The Bertz CT molecular complexity index is 1030. The number of thiophene rings is 1. The van der Waals surface area contributed by atoms with Gasteiger partial charge in [-0.05, 0) is 28.7 Å². The molecular weight excluding hydrogens is 424 g/mol. The van der Waals surface area contributed by atoms with Crippen molar-refractivity contribution >= 4 is 40.3 Å². The van der Waals surface area contributed by atoms with E-state index in [4.69, 9.17) is 24.1 Å². The van der Waals surface area contributed by atoms with E-state index in [0.29, 0.717) is 34.9 Å². The second-order valence-electron chi connectivity index (χ2n) is 5.91. The average Bonchev–Trinajstić information content (AvgIpc) is 3.30. The normalized spacial score (nSPS) is 14.8. The van der Waals surface area contributed by atoms with Crippen molar-refractivity contribution < 1.29 is 28.9 Å². The van der Waals surface area contributed by atoms with Crippen LogP contribution in [0.25, 0.3) is 0 Å². The minimum absolute atomic E-state index is 0.0140. The summed E-state index contributed by atoms with van der Waals surface area (Å²) in [6.07, 6.45) is 0. The van der Waals surface area contributed by atoms with Gasteiger partial charge in [-0.2, -0.15) is 0 Å². The van der Waals surface area contributed by atoms with E-state index in [-0.39, 0.29) is 23.3 Å². The van der Waals surface area contributed by atoms with E-state index in [0.717, 1.165) is 0 Å². The van der Waals surface area contributed by atoms with Gasteiger partial charge in [0, 0.05) is 5.56 Å². The van der Waals surface area contributed by atoms with E-state index in [1.165, 1.54) is 25.6 Å². The number of ether oxygens (including phenoxy) is 1. The van der Waals surface area contributed by atoms with E-state index < -0.39 is 0 Å². The number of nitrogens with zero attached hydrogens (tertiary/aromatic N) is 4. The Morgan fingerprint density at radius 2 is 1.84 bits per heavy atom. The molecule has 11 heteroatoms. The van der Waals surface area contributed by atoms with Gasteiger partial charge in [0.15, 0.2) is 12.3 Å². The van der Waals surface area contributed by atoms with E-state index in [1.54, 1.807) is 42.6 Å². The molecule has 0 bridgehead atoms. The number of carbonyl (C=O) groups excluding carboxylic acids is 1. The maximum absolute atomic E-state index is 12.5. The largest absolute Gasteiger partial charge is 0.470 e. The first-order chi connectivity index (χ1) is 15.2. The Kier molecular flexibility index (Phi) is 7.71. The molecule has 0 N–H and O–H groups in total. The number of oxime groups is 4. The van der Waals surface area contributed by atoms with E-state index >= 15 is 0 Å². The number of rotatable bonds is 8. The molecule has 10 nitrogen and oxygen atoms in total. The van der Waals surface area contributed by atoms with Crippen LogP contribution < -0.4 is 0 Å². The maximum Gasteiger partial charge on any atom is 0.292 e. The molecule has 0 aliphatic carbocycles. The summed E-state index contributed by atoms with van der Waals surface area (Å²) in [6, 6.07) is 10.5. The van der Waals surface area contributed by atoms with Crippen LogP contribution >= 0.6 is 11.3 Å². The third-order valence-electron chi connectivity index (χ3n) is 3.86. The summed E-state index contributed by atoms with van der Waals surface area (Å²) in [5, 5.41) is 17.5. The molecule has 0 amide bonds. The molecule has 1 aliphatic heterocycles. The summed E-state index contributed by atoms with van der Waals surface area (Å²) >= 11 is 1.32. The fourth-order valence-electron chi connectivity index (χ4n) is 2.50. The molecule has 0 atom stereocenters. The second kappa shape index (κ2) is 10.9. The Labute approximate surface area is 182 Å². The summed E-state index contributed by atoms with van der Waals surface area (Å²) in [5.74, 6) is -0.0979. The summed E-state index contributed by atoms with van der Waals surface area (Å²) in [4.78, 5) is 33.5. The van der Waals surface area contributed by atoms with Gasteiger partial charge in [-0.15, -0.1) is 11.3 Å². The Hall–Kier alpha value is -3.73. The Balaban J connectivity index is 1.89. The zero-order valence-electron chi connectivity index (χ0n) is 17.1. The number of hydrogen-bond acceptors (Lipinski definition) is 11. The summed E-state index contributed by atoms with van der Waals surface area (Å²) in [7, 11) is 2.77. The lowest BCUT2D eigenvalue weighted by Gasteiger charge is -2.14. The third kappa shape index (κ3) is 5.45. The molecule has 0 radical (unpaired) electrons. The van der Waals surface area contributed by atoms with Crippen molar-refractivity contribution in [2.24, 2.45) is 20.6 Å². The maximum atomic E-state index is 12.5. The quantitative estimate of drug-likeness (QED) is 0.268. The third-order valence-corrected chi connectivity index (χ3v) is 4.79. The monoisotopic (exact) mass is 444 g/mol. The second-order valence-corrected chi connectivity index (χ2v) is 6.82. The van der Waals surface area contributed by atoms with Crippen LogP contribution in [0.1, 0.15) is 27.7 Å². The lowest BCUT2D eigenvalue weighted by molar-refractivity contribution is 0.0672. The smallest absolute Gasteiger partial charge is 0.292 e. The fourth-order valence-corrected chi connectivity index (χ4v) is 3.36. The Morgan fingerprint density at radius 3 is 2.52 bits per heavy atom. The minimum Gasteiger partial charge on any atom is -0.470 e. The van der Waals surface area contributed by atoms with Gasteiger partial charge in [0.25, 0.3) is 11.8 Å². The van der Waals surface area contributed by atoms with Gasteiger partial charge in [0.05, 0.1) is 10.4 Å². The Morgan fingerprint density at radius 1 is 1.06 bits per heavy atom. The highest BCUT2D eigenvalue weighted by molar-refractivity contribution is 7.13. The van der Waals surface area contributed by atoms with Gasteiger partial charge < -0.3 is 24.1 Å². The molecule has 0 spiro atoms. The molecule has 162 valence electrons. The van der Waals surface area contributed by atoms with Crippen LogP contribution in [-0.4, -0.2) is 56.4 Å². The van der Waals surface area contributed by atoms with Crippen molar-refractivity contribution in [3.63, 3.8) is 0 Å². The van der Waals surface area contributed by atoms with Crippen molar-refractivity contribution in [1.29, 1.82) is 0 Å². The molecule has 0 saturated carbocycles. The SMILES string of the molecule is CON=C(ON=C(C)C(=O)c1ccccc1)c1ccsc1C(=NOC)C1=NOCCO1. The average molecular weight is 444 g/mol. The molecule has 0 unspecified atom stereocenters. The molecular formula is C20H20N4O6S. The summed E-state index contributed by atoms with van der Waals surface area (Å²) < 4.78 is 5.53. The van der Waals surface area contributed by atoms with E-state index in [1.807, 2.05) is 6.07 Å². The van der Waals surface area contributed by atoms with E-state index in [9.17, 15) is 4.79 Å². The molecule has 31 heavy (non-hydrogen) atoms. The molecule has 3 rings (SSSR count). The van der Waals surface area contributed by atoms with Crippen molar-refractivity contribution in [2.45, 2.75) is 6.92 Å². The molecule has 1 aliphatic rings. The first-order valence-corrected chi connectivity index (χ1v) is 9.98. The van der Waals surface area contributed by atoms with Crippen molar-refractivity contribution in [2.75, 3.05) is 27.4 Å². The van der Waals surface area contributed by atoms with E-state index in [2.05, 4.69) is 20.6 Å². The first kappa shape index (κ1) is 22.0. The number of hydrogen-bond donors (Lipinski definition) is 0. The highest BCUT2D eigenvalue weighted by Crippen LogP contribution is 2.22. The van der Waals surface area contributed by atoms with Gasteiger partial charge >= 0.3 is 0 Å². The lowest BCUT2D eigenvalue weighted by Crippen LogP contribution is -2.26. The minimum atomic E-state index is -0.272. The van der Waals surface area contributed by atoms with Gasteiger partial charge in [0.1, 0.15) is 26.5 Å². The van der Waals surface area contributed by atoms with Crippen molar-refractivity contribution in [3.05, 3.63) is 57.8 Å². The van der Waals surface area contributed by atoms with Crippen LogP contribution in [-0.2, 0) is 24.1 Å². The molecule has 0 saturated heterocycles. The molecule has 1 aromatic carbocycles. The van der Waals surface area contributed by atoms with Gasteiger partial charge in [0.2, 0.25) is 5.78 Å². The number of benzene rings is 1. The van der Waals surface area contributed by atoms with Crippen molar-refractivity contribution in [3.8, 4) is 0 Å². The molecule has 1 aromatic heterocycles. The zero-order chi connectivity index (χ0) is 22.1. The van der Waals surface area contributed by atoms with Crippen LogP contribution in [0.2, 0.25) is 0 Å². The first-order valence-electron chi connectivity index (χ1n) is 9.10. The topological polar surface area (TPSA) is 113 Å². The van der Waals surface area contributed by atoms with Gasteiger partial charge in [-0.3, -0.25) is 4.79 Å². The predicted octanol–water partition coefficient (Wildman–Crippen LogP) is 3.04. The highest BCUT2D eigenvalue weighted by atomic mass is 32.1. The number of carbonyl (C=O) groups is 1. The number of ketones is 1. The predicted molar refractivity (Wildman–Crippen MR) is 116 cm³/mol.